The van der Waals surface area contributed by atoms with Crippen LogP contribution in [0.5, 0.6) is 0 Å². The maximum absolute atomic E-state index is 3.67. The Morgan fingerprint density at radius 3 is 2.80 bits per heavy atom. The lowest BCUT2D eigenvalue weighted by Crippen LogP contribution is -2.32. The molecule has 2 heterocycles. The number of hydrogen-bond acceptors (Lipinski definition) is 1. The topological polar surface area (TPSA) is 27.8 Å². The van der Waals surface area contributed by atoms with Gasteiger partial charge in [0.05, 0.1) is 0 Å². The van der Waals surface area contributed by atoms with Gasteiger partial charge in [-0.05, 0) is 61.4 Å². The minimum absolute atomic E-state index is 0.590. The highest BCUT2D eigenvalue weighted by Gasteiger charge is 2.16. The van der Waals surface area contributed by atoms with Crippen molar-refractivity contribution in [2.75, 3.05) is 6.54 Å². The van der Waals surface area contributed by atoms with E-state index in [1.54, 1.807) is 0 Å². The van der Waals surface area contributed by atoms with Crippen LogP contribution in [0.3, 0.4) is 0 Å². The van der Waals surface area contributed by atoms with Gasteiger partial charge >= 0.3 is 0 Å². The van der Waals surface area contributed by atoms with E-state index in [1.807, 2.05) is 6.20 Å². The number of hydrogen-bond donors (Lipinski definition) is 2. The van der Waals surface area contributed by atoms with Crippen LogP contribution in [0.15, 0.2) is 60.8 Å². The quantitative estimate of drug-likeness (QED) is 0.657. The molecule has 2 heteroatoms. The summed E-state index contributed by atoms with van der Waals surface area (Å²) in [6, 6.07) is 18.3. The third kappa shape index (κ3) is 3.69. The van der Waals surface area contributed by atoms with Crippen LogP contribution in [0, 0.1) is 6.92 Å². The lowest BCUT2D eigenvalue weighted by molar-refractivity contribution is 0.486. The maximum Gasteiger partial charge on any atom is 0.0456 e. The predicted octanol–water partition coefficient (Wildman–Crippen LogP) is 5.24. The van der Waals surface area contributed by atoms with Gasteiger partial charge in [-0.2, -0.15) is 0 Å². The van der Waals surface area contributed by atoms with E-state index in [2.05, 4.69) is 71.8 Å². The SMILES string of the molecule is Cc1ccc(C2=CCNC(CCCc3cccc4[nH]ccc34)C2)cc1. The van der Waals surface area contributed by atoms with Crippen molar-refractivity contribution < 1.29 is 0 Å². The number of nitrogens with one attached hydrogen (secondary N) is 2. The van der Waals surface area contributed by atoms with Gasteiger partial charge in [-0.25, -0.2) is 0 Å². The molecule has 2 nitrogen and oxygen atoms in total. The molecular weight excluding hydrogens is 304 g/mol. The second-order valence-electron chi connectivity index (χ2n) is 7.15. The second kappa shape index (κ2) is 7.28. The lowest BCUT2D eigenvalue weighted by Gasteiger charge is -2.24. The van der Waals surface area contributed by atoms with Crippen molar-refractivity contribution in [3.8, 4) is 0 Å². The van der Waals surface area contributed by atoms with Gasteiger partial charge in [0.2, 0.25) is 0 Å². The number of H-pyrrole nitrogens is 1. The van der Waals surface area contributed by atoms with Crippen LogP contribution < -0.4 is 5.32 Å². The van der Waals surface area contributed by atoms with Gasteiger partial charge in [0.1, 0.15) is 0 Å². The van der Waals surface area contributed by atoms with Gasteiger partial charge in [-0.15, -0.1) is 0 Å². The molecule has 1 aliphatic heterocycles. The van der Waals surface area contributed by atoms with Crippen molar-refractivity contribution >= 4 is 16.5 Å². The van der Waals surface area contributed by atoms with E-state index < -0.39 is 0 Å². The Labute approximate surface area is 150 Å². The van der Waals surface area contributed by atoms with Crippen LogP contribution in [0.2, 0.25) is 0 Å². The fraction of sp³-hybridized carbons (Fsp3) is 0.304. The summed E-state index contributed by atoms with van der Waals surface area (Å²) in [7, 11) is 0. The number of aromatic amines is 1. The van der Waals surface area contributed by atoms with Crippen LogP contribution in [-0.2, 0) is 6.42 Å². The number of aromatic nitrogens is 1. The van der Waals surface area contributed by atoms with Crippen LogP contribution in [0.1, 0.15) is 36.0 Å². The van der Waals surface area contributed by atoms with Gasteiger partial charge in [0.25, 0.3) is 0 Å². The number of rotatable bonds is 5. The summed E-state index contributed by atoms with van der Waals surface area (Å²) >= 11 is 0. The van der Waals surface area contributed by atoms with E-state index in [0.29, 0.717) is 6.04 Å². The fourth-order valence-electron chi connectivity index (χ4n) is 3.88. The van der Waals surface area contributed by atoms with Crippen molar-refractivity contribution in [1.82, 2.24) is 10.3 Å². The molecule has 0 aliphatic carbocycles. The summed E-state index contributed by atoms with van der Waals surface area (Å²) in [5.74, 6) is 0. The van der Waals surface area contributed by atoms with E-state index in [4.69, 9.17) is 0 Å². The molecule has 25 heavy (non-hydrogen) atoms. The average Bonchev–Trinajstić information content (AvgIpc) is 3.12. The van der Waals surface area contributed by atoms with Crippen molar-refractivity contribution in [3.63, 3.8) is 0 Å². The molecule has 1 aromatic heterocycles. The summed E-state index contributed by atoms with van der Waals surface area (Å²) < 4.78 is 0. The van der Waals surface area contributed by atoms with Crippen LogP contribution in [0.4, 0.5) is 0 Å². The Morgan fingerprint density at radius 2 is 1.92 bits per heavy atom. The van der Waals surface area contributed by atoms with Gasteiger partial charge < -0.3 is 10.3 Å². The summed E-state index contributed by atoms with van der Waals surface area (Å²) in [6.07, 6.45) is 9.12. The minimum atomic E-state index is 0.590. The number of fused-ring (bicyclic) bond motifs is 1. The summed E-state index contributed by atoms with van der Waals surface area (Å²) in [5, 5.41) is 5.04. The van der Waals surface area contributed by atoms with Crippen LogP contribution in [0.25, 0.3) is 16.5 Å². The standard InChI is InChI=1S/C23H26N2/c1-17-8-10-18(11-9-17)20-12-14-24-21(16-20)6-2-4-19-5-3-7-23-22(19)13-15-25-23/h3,5,7-13,15,21,24-25H,2,4,6,14,16H2,1H3. The van der Waals surface area contributed by atoms with Crippen molar-refractivity contribution in [3.05, 3.63) is 77.5 Å². The smallest absolute Gasteiger partial charge is 0.0456 e. The molecule has 0 bridgehead atoms. The Morgan fingerprint density at radius 1 is 1.04 bits per heavy atom. The Balaban J connectivity index is 1.35. The van der Waals surface area contributed by atoms with E-state index >= 15 is 0 Å². The normalized spacial score (nSPS) is 17.6. The van der Waals surface area contributed by atoms with Gasteiger partial charge in [0, 0.05) is 29.7 Å². The number of aryl methyl sites for hydroxylation is 2. The van der Waals surface area contributed by atoms with E-state index in [-0.39, 0.29) is 0 Å². The van der Waals surface area contributed by atoms with Crippen molar-refractivity contribution in [2.45, 2.75) is 38.6 Å². The van der Waals surface area contributed by atoms with Gasteiger partial charge in [-0.3, -0.25) is 0 Å². The molecule has 0 saturated heterocycles. The number of benzene rings is 2. The lowest BCUT2D eigenvalue weighted by atomic mass is 9.91. The van der Waals surface area contributed by atoms with Crippen LogP contribution >= 0.6 is 0 Å². The van der Waals surface area contributed by atoms with Gasteiger partial charge in [0.15, 0.2) is 0 Å². The first-order valence-corrected chi connectivity index (χ1v) is 9.34. The van der Waals surface area contributed by atoms with E-state index in [9.17, 15) is 0 Å². The molecule has 4 rings (SSSR count). The second-order valence-corrected chi connectivity index (χ2v) is 7.15. The molecule has 1 aliphatic rings. The Hall–Kier alpha value is -2.32. The zero-order valence-electron chi connectivity index (χ0n) is 14.9. The van der Waals surface area contributed by atoms with Crippen molar-refractivity contribution in [2.24, 2.45) is 0 Å². The molecule has 0 fully saturated rings. The monoisotopic (exact) mass is 330 g/mol. The first kappa shape index (κ1) is 16.2. The molecule has 0 amide bonds. The largest absolute Gasteiger partial charge is 0.361 e. The molecule has 2 aromatic carbocycles. The van der Waals surface area contributed by atoms with E-state index in [1.165, 1.54) is 46.0 Å². The first-order valence-electron chi connectivity index (χ1n) is 9.34. The molecule has 0 saturated carbocycles. The highest BCUT2D eigenvalue weighted by atomic mass is 14.9. The summed E-state index contributed by atoms with van der Waals surface area (Å²) in [6.45, 7) is 3.13. The summed E-state index contributed by atoms with van der Waals surface area (Å²) in [4.78, 5) is 3.31. The molecule has 3 aromatic rings. The predicted molar refractivity (Wildman–Crippen MR) is 107 cm³/mol. The molecule has 128 valence electrons. The molecule has 0 spiro atoms. The minimum Gasteiger partial charge on any atom is -0.361 e. The zero-order valence-corrected chi connectivity index (χ0v) is 14.9. The Bertz CT molecular complexity index is 871. The third-order valence-corrected chi connectivity index (χ3v) is 5.33. The van der Waals surface area contributed by atoms with Gasteiger partial charge in [-0.1, -0.05) is 48.0 Å². The molecule has 1 atom stereocenters. The highest BCUT2D eigenvalue weighted by Crippen LogP contribution is 2.25. The molecule has 0 radical (unpaired) electrons. The average molecular weight is 330 g/mol. The Kier molecular flexibility index (Phi) is 4.71. The van der Waals surface area contributed by atoms with Crippen molar-refractivity contribution in [1.29, 1.82) is 0 Å². The maximum atomic E-state index is 3.67. The summed E-state index contributed by atoms with van der Waals surface area (Å²) in [5.41, 5.74) is 6.92. The molecule has 2 N–H and O–H groups in total. The molecular formula is C23H26N2. The van der Waals surface area contributed by atoms with E-state index in [0.717, 1.165) is 19.4 Å². The third-order valence-electron chi connectivity index (χ3n) is 5.33. The fourth-order valence-corrected chi connectivity index (χ4v) is 3.88. The highest BCUT2D eigenvalue weighted by molar-refractivity contribution is 5.82. The zero-order chi connectivity index (χ0) is 17.1. The first-order chi connectivity index (χ1) is 12.3. The van der Waals surface area contributed by atoms with Crippen LogP contribution in [-0.4, -0.2) is 17.6 Å². The molecule has 1 unspecified atom stereocenters.